The van der Waals surface area contributed by atoms with E-state index in [9.17, 15) is 14.4 Å². The molecule has 3 aromatic rings. The van der Waals surface area contributed by atoms with Crippen molar-refractivity contribution in [3.05, 3.63) is 91.0 Å². The van der Waals surface area contributed by atoms with Crippen LogP contribution in [0.1, 0.15) is 26.7 Å². The van der Waals surface area contributed by atoms with Crippen LogP contribution in [0.3, 0.4) is 0 Å². The van der Waals surface area contributed by atoms with Crippen LogP contribution in [0.15, 0.2) is 91.0 Å². The van der Waals surface area contributed by atoms with Crippen molar-refractivity contribution in [1.29, 1.82) is 0 Å². The average molecular weight is 414 g/mol. The molecular formula is C23H28O3P2. The van der Waals surface area contributed by atoms with Gasteiger partial charge in [-0.1, -0.05) is 118 Å². The lowest BCUT2D eigenvalue weighted by molar-refractivity contribution is 0.393. The molecule has 0 amide bonds. The van der Waals surface area contributed by atoms with Crippen LogP contribution in [0.2, 0.25) is 0 Å². The highest BCUT2D eigenvalue weighted by Gasteiger charge is 2.29. The van der Waals surface area contributed by atoms with E-state index in [1.54, 1.807) is 0 Å². The topological polar surface area (TPSA) is 57.5 Å². The van der Waals surface area contributed by atoms with E-state index in [-0.39, 0.29) is 0 Å². The SMILES string of the molecule is CCCC.O=P(O)(O)C=P(c1ccccc1)(c1ccccc1)c1ccccc1. The largest absolute Gasteiger partial charge is 0.350 e. The van der Waals surface area contributed by atoms with E-state index in [2.05, 4.69) is 13.8 Å². The maximum absolute atomic E-state index is 12.0. The first-order valence-electron chi connectivity index (χ1n) is 9.42. The van der Waals surface area contributed by atoms with Gasteiger partial charge in [0.25, 0.3) is 0 Å². The molecule has 3 nitrogen and oxygen atoms in total. The third kappa shape index (κ3) is 5.80. The molecule has 0 aliphatic heterocycles. The molecule has 0 aliphatic rings. The van der Waals surface area contributed by atoms with Gasteiger partial charge in [-0.2, -0.15) is 0 Å². The van der Waals surface area contributed by atoms with Gasteiger partial charge in [0, 0.05) is 5.54 Å². The van der Waals surface area contributed by atoms with Gasteiger partial charge < -0.3 is 9.79 Å². The zero-order chi connectivity index (χ0) is 20.5. The summed E-state index contributed by atoms with van der Waals surface area (Å²) in [7, 11) is -4.36. The summed E-state index contributed by atoms with van der Waals surface area (Å²) in [4.78, 5) is 19.6. The first-order valence-corrected chi connectivity index (χ1v) is 13.0. The summed E-state index contributed by atoms with van der Waals surface area (Å²) < 4.78 is 12.0. The molecule has 0 aliphatic carbocycles. The summed E-state index contributed by atoms with van der Waals surface area (Å²) in [6, 6.07) is 28.8. The quantitative estimate of drug-likeness (QED) is 0.594. The number of hydrogen-bond donors (Lipinski definition) is 2. The molecule has 28 heavy (non-hydrogen) atoms. The summed E-state index contributed by atoms with van der Waals surface area (Å²) >= 11 is 0. The minimum absolute atomic E-state index is 0.922. The lowest BCUT2D eigenvalue weighted by Gasteiger charge is -2.28. The van der Waals surface area contributed by atoms with Gasteiger partial charge >= 0.3 is 7.60 Å². The van der Waals surface area contributed by atoms with Gasteiger partial charge in [0.15, 0.2) is 0 Å². The fourth-order valence-electron chi connectivity index (χ4n) is 2.86. The van der Waals surface area contributed by atoms with Gasteiger partial charge in [-0.25, -0.2) is 0 Å². The first-order chi connectivity index (χ1) is 13.4. The summed E-state index contributed by atoms with van der Waals surface area (Å²) in [5, 5.41) is 2.77. The summed E-state index contributed by atoms with van der Waals surface area (Å²) in [5.74, 6) is 0. The molecule has 0 unspecified atom stereocenters. The van der Waals surface area contributed by atoms with Gasteiger partial charge in [0.2, 0.25) is 0 Å². The van der Waals surface area contributed by atoms with E-state index >= 15 is 0 Å². The van der Waals surface area contributed by atoms with Crippen LogP contribution in [0.25, 0.3) is 0 Å². The Hall–Kier alpha value is -1.89. The van der Waals surface area contributed by atoms with Crippen LogP contribution < -0.4 is 15.9 Å². The Labute approximate surface area is 168 Å². The van der Waals surface area contributed by atoms with E-state index < -0.39 is 14.5 Å². The third-order valence-corrected chi connectivity index (χ3v) is 10.2. The molecule has 0 saturated heterocycles. The first kappa shape index (κ1) is 22.4. The van der Waals surface area contributed by atoms with Crippen LogP contribution in [-0.4, -0.2) is 15.3 Å². The molecule has 0 fully saturated rings. The molecule has 0 saturated carbocycles. The molecule has 0 heterocycles. The van der Waals surface area contributed by atoms with Gasteiger partial charge in [0.1, 0.15) is 0 Å². The number of hydrogen-bond acceptors (Lipinski definition) is 1. The van der Waals surface area contributed by atoms with Gasteiger partial charge in [0.05, 0.1) is 0 Å². The second-order valence-electron chi connectivity index (χ2n) is 6.43. The fraction of sp³-hybridized carbons (Fsp3) is 0.174. The molecule has 3 aromatic carbocycles. The number of rotatable bonds is 5. The minimum Gasteiger partial charge on any atom is -0.321 e. The Bertz CT molecular complexity index is 828. The predicted octanol–water partition coefficient (Wildman–Crippen LogP) is 4.72. The number of unbranched alkanes of at least 4 members (excludes halogenated alkanes) is 1. The van der Waals surface area contributed by atoms with Crippen LogP contribution in [0.4, 0.5) is 0 Å². The lowest BCUT2D eigenvalue weighted by atomic mass is 10.4. The van der Waals surface area contributed by atoms with Crippen molar-refractivity contribution < 1.29 is 14.4 Å². The second kappa shape index (κ2) is 10.6. The van der Waals surface area contributed by atoms with Crippen LogP contribution >= 0.6 is 14.5 Å². The Kier molecular flexibility index (Phi) is 8.48. The molecule has 148 valence electrons. The Balaban J connectivity index is 0.000000640. The Morgan fingerprint density at radius 3 is 1.14 bits per heavy atom. The lowest BCUT2D eigenvalue weighted by Crippen LogP contribution is -2.26. The predicted molar refractivity (Wildman–Crippen MR) is 124 cm³/mol. The van der Waals surface area contributed by atoms with Gasteiger partial charge in [-0.3, -0.25) is 4.57 Å². The highest BCUT2D eigenvalue weighted by atomic mass is 31.2. The van der Waals surface area contributed by atoms with E-state index in [1.807, 2.05) is 91.0 Å². The van der Waals surface area contributed by atoms with E-state index in [0.29, 0.717) is 0 Å². The summed E-state index contributed by atoms with van der Waals surface area (Å²) in [6.07, 6.45) is 2.64. The smallest absolute Gasteiger partial charge is 0.321 e. The third-order valence-electron chi connectivity index (χ3n) is 4.31. The Morgan fingerprint density at radius 1 is 0.643 bits per heavy atom. The molecular weight excluding hydrogens is 386 g/mol. The number of benzene rings is 3. The molecule has 0 aromatic heterocycles. The normalized spacial score (nSPS) is 11.3. The van der Waals surface area contributed by atoms with Crippen molar-refractivity contribution >= 4 is 35.9 Å². The zero-order valence-electron chi connectivity index (χ0n) is 16.3. The van der Waals surface area contributed by atoms with Crippen LogP contribution in [-0.2, 0) is 4.57 Å². The Morgan fingerprint density at radius 2 is 0.929 bits per heavy atom. The van der Waals surface area contributed by atoms with E-state index in [1.165, 1.54) is 18.4 Å². The zero-order valence-corrected chi connectivity index (χ0v) is 18.1. The minimum atomic E-state index is -4.36. The van der Waals surface area contributed by atoms with Crippen molar-refractivity contribution in [2.75, 3.05) is 0 Å². The van der Waals surface area contributed by atoms with Crippen molar-refractivity contribution in [1.82, 2.24) is 0 Å². The second-order valence-corrected chi connectivity index (χ2v) is 11.5. The van der Waals surface area contributed by atoms with Crippen molar-refractivity contribution in [2.24, 2.45) is 0 Å². The van der Waals surface area contributed by atoms with E-state index in [4.69, 9.17) is 0 Å². The molecule has 3 rings (SSSR count). The monoisotopic (exact) mass is 414 g/mol. The maximum Gasteiger partial charge on any atom is 0.350 e. The standard InChI is InChI=1S/C19H18O3P2.C4H10/c20-24(21,22)16-23(17-10-4-1-5-11-17,18-12-6-2-7-13-18)19-14-8-3-9-15-19;1-3-4-2/h1-16H,(H2,20,21,22);3-4H2,1-2H3. The van der Waals surface area contributed by atoms with Crippen molar-refractivity contribution in [3.63, 3.8) is 0 Å². The van der Waals surface area contributed by atoms with Crippen LogP contribution in [0.5, 0.6) is 0 Å². The summed E-state index contributed by atoms with van der Waals surface area (Å²) in [6.45, 7) is 1.80. The molecule has 2 N–H and O–H groups in total. The highest BCUT2D eigenvalue weighted by Crippen LogP contribution is 2.50. The van der Waals surface area contributed by atoms with Crippen molar-refractivity contribution in [3.8, 4) is 0 Å². The fourth-order valence-corrected chi connectivity index (χ4v) is 9.09. The molecule has 0 spiro atoms. The van der Waals surface area contributed by atoms with E-state index in [0.717, 1.165) is 15.9 Å². The molecule has 0 atom stereocenters. The molecule has 5 heteroatoms. The van der Waals surface area contributed by atoms with Crippen molar-refractivity contribution in [2.45, 2.75) is 26.7 Å². The van der Waals surface area contributed by atoms with Gasteiger partial charge in [-0.05, 0) is 22.8 Å². The molecule has 0 radical (unpaired) electrons. The average Bonchev–Trinajstić information content (AvgIpc) is 2.73. The van der Waals surface area contributed by atoms with Gasteiger partial charge in [-0.15, -0.1) is 0 Å². The molecule has 0 bridgehead atoms. The summed E-state index contributed by atoms with van der Waals surface area (Å²) in [5.41, 5.74) is 1.26. The highest BCUT2D eigenvalue weighted by molar-refractivity contribution is 8.03. The maximum atomic E-state index is 12.0. The van der Waals surface area contributed by atoms with Crippen LogP contribution in [0, 0.1) is 0 Å².